The van der Waals surface area contributed by atoms with Crippen molar-refractivity contribution in [3.05, 3.63) is 0 Å². The summed E-state index contributed by atoms with van der Waals surface area (Å²) in [5.41, 5.74) is 0. The molecule has 0 saturated carbocycles. The summed E-state index contributed by atoms with van der Waals surface area (Å²) in [4.78, 5) is 0. The predicted molar refractivity (Wildman–Crippen MR) is 26.2 cm³/mol. The summed E-state index contributed by atoms with van der Waals surface area (Å²) >= 11 is 0. The van der Waals surface area contributed by atoms with Gasteiger partial charge in [-0.15, -0.1) is 0 Å². The Kier molecular flexibility index (Phi) is 8.55. The molecule has 0 saturated heterocycles. The van der Waals surface area contributed by atoms with E-state index < -0.39 is 0 Å². The van der Waals surface area contributed by atoms with Crippen molar-refractivity contribution in [3.63, 3.8) is 0 Å². The Hall–Kier alpha value is -0.0426. The summed E-state index contributed by atoms with van der Waals surface area (Å²) in [6.07, 6.45) is 6.99. The van der Waals surface area contributed by atoms with Gasteiger partial charge in [-0.2, -0.15) is 0 Å². The molecule has 1 nitrogen and oxygen atoms in total. The van der Waals surface area contributed by atoms with Gasteiger partial charge in [-0.1, -0.05) is 6.42 Å². The van der Waals surface area contributed by atoms with Crippen LogP contribution >= 0.6 is 0 Å². The molecule has 0 aromatic heterocycles. The number of hydrogen-bond donors (Lipinski definition) is 0. The van der Waals surface area contributed by atoms with Crippen molar-refractivity contribution < 1.29 is 25.0 Å². The van der Waals surface area contributed by atoms with Crippen LogP contribution in [-0.4, -0.2) is 6.10 Å². The standard InChI is InChI=1S/C5H8O.Li.H/c1-4-6-5(2)3;;/h1,5H,2-3H3;;/q;+1;-1. The number of rotatable bonds is 1. The van der Waals surface area contributed by atoms with Gasteiger partial charge in [0.05, 0.1) is 0 Å². The fourth-order valence-corrected chi connectivity index (χ4v) is 0.136. The van der Waals surface area contributed by atoms with Crippen LogP contribution in [0, 0.1) is 12.5 Å². The molecule has 0 amide bonds. The van der Waals surface area contributed by atoms with Crippen LogP contribution in [-0.2, 0) is 4.74 Å². The zero-order chi connectivity index (χ0) is 4.99. The van der Waals surface area contributed by atoms with E-state index in [-0.39, 0.29) is 26.4 Å². The molecule has 0 N–H and O–H groups in total. The molecule has 0 radical (unpaired) electrons. The van der Waals surface area contributed by atoms with Gasteiger partial charge in [-0.05, 0) is 13.8 Å². The molecule has 0 bridgehead atoms. The van der Waals surface area contributed by atoms with E-state index in [0.29, 0.717) is 0 Å². The molecule has 0 heterocycles. The van der Waals surface area contributed by atoms with Gasteiger partial charge in [0.25, 0.3) is 0 Å². The zero-order valence-corrected chi connectivity index (χ0v) is 5.06. The van der Waals surface area contributed by atoms with Gasteiger partial charge >= 0.3 is 18.9 Å². The maximum Gasteiger partial charge on any atom is 1.00 e. The Balaban J connectivity index is -0.000000125. The third-order valence-electron chi connectivity index (χ3n) is 0.304. The molecular formula is C5H9LiO. The van der Waals surface area contributed by atoms with Crippen molar-refractivity contribution in [1.29, 1.82) is 0 Å². The molecule has 0 rings (SSSR count). The van der Waals surface area contributed by atoms with Crippen LogP contribution in [0.15, 0.2) is 0 Å². The largest absolute Gasteiger partial charge is 1.00 e. The molecule has 36 valence electrons. The van der Waals surface area contributed by atoms with Gasteiger partial charge in [0.15, 0.2) is 0 Å². The fourth-order valence-electron chi connectivity index (χ4n) is 0.136. The third kappa shape index (κ3) is 10.7. The first kappa shape index (κ1) is 10.0. The minimum Gasteiger partial charge on any atom is -1.00 e. The third-order valence-corrected chi connectivity index (χ3v) is 0.304. The monoisotopic (exact) mass is 92.1 g/mol. The van der Waals surface area contributed by atoms with E-state index in [0.717, 1.165) is 0 Å². The molecule has 0 atom stereocenters. The van der Waals surface area contributed by atoms with Crippen molar-refractivity contribution in [1.82, 2.24) is 0 Å². The molecule has 0 aromatic rings. The fraction of sp³-hybridized carbons (Fsp3) is 0.600. The smallest absolute Gasteiger partial charge is 1.00 e. The van der Waals surface area contributed by atoms with Gasteiger partial charge in [-0.3, -0.25) is 0 Å². The van der Waals surface area contributed by atoms with Gasteiger partial charge in [0.2, 0.25) is 0 Å². The Morgan fingerprint density at radius 1 is 1.71 bits per heavy atom. The number of hydrogen-bond acceptors (Lipinski definition) is 1. The summed E-state index contributed by atoms with van der Waals surface area (Å²) < 4.78 is 4.57. The molecule has 0 aliphatic carbocycles. The molecule has 0 fully saturated rings. The van der Waals surface area contributed by atoms with Crippen LogP contribution in [0.5, 0.6) is 0 Å². The summed E-state index contributed by atoms with van der Waals surface area (Å²) in [7, 11) is 0. The minimum atomic E-state index is 0. The van der Waals surface area contributed by atoms with Crippen molar-refractivity contribution >= 4 is 0 Å². The van der Waals surface area contributed by atoms with Gasteiger partial charge < -0.3 is 6.16 Å². The molecule has 0 unspecified atom stereocenters. The van der Waals surface area contributed by atoms with Crippen molar-refractivity contribution in [3.8, 4) is 12.5 Å². The Bertz CT molecular complexity index is 67.3. The minimum absolute atomic E-state index is 0. The van der Waals surface area contributed by atoms with Gasteiger partial charge in [0, 0.05) is 0 Å². The zero-order valence-electron chi connectivity index (χ0n) is 6.06. The summed E-state index contributed by atoms with van der Waals surface area (Å²) in [5, 5.41) is 0. The normalized spacial score (nSPS) is 6.57. The molecule has 2 heteroatoms. The van der Waals surface area contributed by atoms with Crippen molar-refractivity contribution in [2.75, 3.05) is 0 Å². The van der Waals surface area contributed by atoms with E-state index in [4.69, 9.17) is 6.42 Å². The average Bonchev–Trinajstić information content (AvgIpc) is 1.35. The SMILES string of the molecule is C#COC(C)C.[H-].[Li+]. The second-order valence-electron chi connectivity index (χ2n) is 1.28. The summed E-state index contributed by atoms with van der Waals surface area (Å²) in [6, 6.07) is 0. The Morgan fingerprint density at radius 3 is 2.14 bits per heavy atom. The average molecular weight is 92.1 g/mol. The molecule has 7 heavy (non-hydrogen) atoms. The van der Waals surface area contributed by atoms with E-state index in [2.05, 4.69) is 10.8 Å². The Labute approximate surface area is 58.1 Å². The number of ether oxygens (including phenoxy) is 1. The van der Waals surface area contributed by atoms with Crippen LogP contribution in [0.1, 0.15) is 15.3 Å². The maximum atomic E-state index is 4.76. The first-order valence-electron chi connectivity index (χ1n) is 1.88. The van der Waals surface area contributed by atoms with Crippen LogP contribution in [0.3, 0.4) is 0 Å². The van der Waals surface area contributed by atoms with Crippen LogP contribution in [0.4, 0.5) is 0 Å². The van der Waals surface area contributed by atoms with Crippen molar-refractivity contribution in [2.24, 2.45) is 0 Å². The number of terminal acetylenes is 1. The summed E-state index contributed by atoms with van der Waals surface area (Å²) in [6.45, 7) is 3.78. The van der Waals surface area contributed by atoms with E-state index in [1.807, 2.05) is 13.8 Å². The molecule has 0 aromatic carbocycles. The molecule has 0 spiro atoms. The van der Waals surface area contributed by atoms with E-state index in [1.54, 1.807) is 0 Å². The predicted octanol–water partition coefficient (Wildman–Crippen LogP) is -1.88. The topological polar surface area (TPSA) is 9.23 Å². The molecular weight excluding hydrogens is 83.0 g/mol. The quantitative estimate of drug-likeness (QED) is 0.272. The second-order valence-corrected chi connectivity index (χ2v) is 1.28. The van der Waals surface area contributed by atoms with Crippen LogP contribution in [0.25, 0.3) is 0 Å². The maximum absolute atomic E-state index is 4.76. The molecule has 0 aliphatic rings. The van der Waals surface area contributed by atoms with Crippen LogP contribution in [0.2, 0.25) is 0 Å². The van der Waals surface area contributed by atoms with Gasteiger partial charge in [-0.25, -0.2) is 0 Å². The molecule has 0 aliphatic heterocycles. The Morgan fingerprint density at radius 2 is 2.14 bits per heavy atom. The van der Waals surface area contributed by atoms with E-state index in [1.165, 1.54) is 0 Å². The van der Waals surface area contributed by atoms with Gasteiger partial charge in [0.1, 0.15) is 12.2 Å². The van der Waals surface area contributed by atoms with E-state index in [9.17, 15) is 0 Å². The first-order valence-corrected chi connectivity index (χ1v) is 1.88. The van der Waals surface area contributed by atoms with Crippen LogP contribution < -0.4 is 18.9 Å². The van der Waals surface area contributed by atoms with E-state index >= 15 is 0 Å². The first-order chi connectivity index (χ1) is 2.77. The summed E-state index contributed by atoms with van der Waals surface area (Å²) in [5.74, 6) is 0. The van der Waals surface area contributed by atoms with Crippen molar-refractivity contribution in [2.45, 2.75) is 20.0 Å². The second kappa shape index (κ2) is 5.96.